The van der Waals surface area contributed by atoms with Crippen LogP contribution >= 0.6 is 0 Å². The lowest BCUT2D eigenvalue weighted by atomic mass is 10.1. The first-order valence-electron chi connectivity index (χ1n) is 7.76. The Morgan fingerprint density at radius 1 is 1.25 bits per heavy atom. The lowest BCUT2D eigenvalue weighted by Crippen LogP contribution is -2.16. The largest absolute Gasteiger partial charge is 0.497 e. The van der Waals surface area contributed by atoms with Crippen molar-refractivity contribution in [2.75, 3.05) is 12.4 Å². The molecule has 0 aliphatic carbocycles. The third-order valence-corrected chi connectivity index (χ3v) is 4.00. The monoisotopic (exact) mass is 324 g/mol. The predicted molar refractivity (Wildman–Crippen MR) is 93.5 cm³/mol. The summed E-state index contributed by atoms with van der Waals surface area (Å²) < 4.78 is 10.7. The standard InChI is InChI=1S/C19H20N2O3/c1-11-7-12(2)20-13(3)19(11)21-18(22)8-14-10-24-17-9-15(23-4)5-6-16(14)17/h5-7,9-10H,8H2,1-4H3,(H,21,22). The highest BCUT2D eigenvalue weighted by Crippen LogP contribution is 2.26. The summed E-state index contributed by atoms with van der Waals surface area (Å²) in [4.78, 5) is 16.8. The number of hydrogen-bond acceptors (Lipinski definition) is 4. The fourth-order valence-corrected chi connectivity index (χ4v) is 2.90. The molecule has 0 saturated carbocycles. The van der Waals surface area contributed by atoms with Crippen molar-refractivity contribution in [3.63, 3.8) is 0 Å². The Morgan fingerprint density at radius 2 is 2.04 bits per heavy atom. The van der Waals surface area contributed by atoms with Gasteiger partial charge >= 0.3 is 0 Å². The molecule has 0 spiro atoms. The van der Waals surface area contributed by atoms with E-state index in [0.717, 1.165) is 39.3 Å². The molecule has 1 amide bonds. The van der Waals surface area contributed by atoms with E-state index in [-0.39, 0.29) is 12.3 Å². The quantitative estimate of drug-likeness (QED) is 0.789. The molecule has 0 bridgehead atoms. The maximum atomic E-state index is 12.4. The van der Waals surface area contributed by atoms with Gasteiger partial charge in [0.25, 0.3) is 0 Å². The van der Waals surface area contributed by atoms with Gasteiger partial charge in [-0.3, -0.25) is 9.78 Å². The minimum absolute atomic E-state index is 0.0922. The Hall–Kier alpha value is -2.82. The molecule has 1 aromatic carbocycles. The fourth-order valence-electron chi connectivity index (χ4n) is 2.90. The van der Waals surface area contributed by atoms with Gasteiger partial charge in [-0.15, -0.1) is 0 Å². The highest BCUT2D eigenvalue weighted by molar-refractivity contribution is 5.96. The third-order valence-electron chi connectivity index (χ3n) is 4.00. The van der Waals surface area contributed by atoms with Crippen molar-refractivity contribution in [2.24, 2.45) is 0 Å². The Bertz CT molecular complexity index is 889. The number of hydrogen-bond donors (Lipinski definition) is 1. The first-order chi connectivity index (χ1) is 11.5. The summed E-state index contributed by atoms with van der Waals surface area (Å²) in [6.07, 6.45) is 1.86. The summed E-state index contributed by atoms with van der Waals surface area (Å²) >= 11 is 0. The summed E-state index contributed by atoms with van der Waals surface area (Å²) in [5.41, 5.74) is 5.11. The van der Waals surface area contributed by atoms with Crippen molar-refractivity contribution < 1.29 is 13.9 Å². The van der Waals surface area contributed by atoms with Gasteiger partial charge in [0.1, 0.15) is 11.3 Å². The first kappa shape index (κ1) is 16.1. The highest BCUT2D eigenvalue weighted by Gasteiger charge is 2.14. The van der Waals surface area contributed by atoms with Gasteiger partial charge in [-0.05, 0) is 44.5 Å². The minimum atomic E-state index is -0.0922. The number of anilines is 1. The van der Waals surface area contributed by atoms with Crippen LogP contribution in [-0.4, -0.2) is 18.0 Å². The smallest absolute Gasteiger partial charge is 0.228 e. The summed E-state index contributed by atoms with van der Waals surface area (Å²) in [6, 6.07) is 7.54. The van der Waals surface area contributed by atoms with Crippen LogP contribution in [0.15, 0.2) is 34.9 Å². The van der Waals surface area contributed by atoms with Crippen molar-refractivity contribution in [2.45, 2.75) is 27.2 Å². The normalized spacial score (nSPS) is 10.8. The van der Waals surface area contributed by atoms with Gasteiger partial charge in [-0.1, -0.05) is 0 Å². The van der Waals surface area contributed by atoms with Crippen LogP contribution in [-0.2, 0) is 11.2 Å². The maximum absolute atomic E-state index is 12.4. The van der Waals surface area contributed by atoms with Gasteiger partial charge in [0.15, 0.2) is 0 Å². The SMILES string of the molecule is COc1ccc2c(CC(=O)Nc3c(C)cc(C)nc3C)coc2c1. The van der Waals surface area contributed by atoms with Crippen LogP contribution in [0, 0.1) is 20.8 Å². The molecule has 0 saturated heterocycles. The van der Waals surface area contributed by atoms with E-state index in [1.165, 1.54) is 0 Å². The zero-order valence-corrected chi connectivity index (χ0v) is 14.3. The Balaban J connectivity index is 1.81. The fraction of sp³-hybridized carbons (Fsp3) is 0.263. The summed E-state index contributed by atoms with van der Waals surface area (Å²) in [7, 11) is 1.61. The molecule has 1 N–H and O–H groups in total. The van der Waals surface area contributed by atoms with Gasteiger partial charge in [0.05, 0.1) is 31.2 Å². The van der Waals surface area contributed by atoms with E-state index in [2.05, 4.69) is 10.3 Å². The molecule has 5 nitrogen and oxygen atoms in total. The van der Waals surface area contributed by atoms with Crippen molar-refractivity contribution in [3.8, 4) is 5.75 Å². The molecule has 0 aliphatic rings. The van der Waals surface area contributed by atoms with Gasteiger partial charge in [0.2, 0.25) is 5.91 Å². The number of aryl methyl sites for hydroxylation is 3. The number of carbonyl (C=O) groups is 1. The summed E-state index contributed by atoms with van der Waals surface area (Å²) in [6.45, 7) is 5.81. The lowest BCUT2D eigenvalue weighted by Gasteiger charge is -2.11. The number of aromatic nitrogens is 1. The highest BCUT2D eigenvalue weighted by atomic mass is 16.5. The number of methoxy groups -OCH3 is 1. The topological polar surface area (TPSA) is 64.4 Å². The average molecular weight is 324 g/mol. The molecule has 124 valence electrons. The van der Waals surface area contributed by atoms with Crippen LogP contribution in [0.4, 0.5) is 5.69 Å². The Labute approximate surface area is 140 Å². The van der Waals surface area contributed by atoms with E-state index in [0.29, 0.717) is 5.58 Å². The lowest BCUT2D eigenvalue weighted by molar-refractivity contribution is -0.115. The second-order valence-corrected chi connectivity index (χ2v) is 5.89. The van der Waals surface area contributed by atoms with Gasteiger partial charge in [-0.25, -0.2) is 0 Å². The number of nitrogens with one attached hydrogen (secondary N) is 1. The van der Waals surface area contributed by atoms with Crippen molar-refractivity contribution in [1.82, 2.24) is 4.98 Å². The third kappa shape index (κ3) is 3.11. The minimum Gasteiger partial charge on any atom is -0.497 e. The number of nitrogens with zero attached hydrogens (tertiary/aromatic N) is 1. The van der Waals surface area contributed by atoms with Gasteiger partial charge in [-0.2, -0.15) is 0 Å². The number of benzene rings is 1. The van der Waals surface area contributed by atoms with Crippen molar-refractivity contribution >= 4 is 22.6 Å². The van der Waals surface area contributed by atoms with Crippen molar-refractivity contribution in [3.05, 3.63) is 53.0 Å². The van der Waals surface area contributed by atoms with Crippen LogP contribution in [0.5, 0.6) is 5.75 Å². The summed E-state index contributed by atoms with van der Waals surface area (Å²) in [5, 5.41) is 3.88. The van der Waals surface area contributed by atoms with E-state index in [9.17, 15) is 4.79 Å². The molecule has 0 unspecified atom stereocenters. The summed E-state index contributed by atoms with van der Waals surface area (Å²) in [5.74, 6) is 0.634. The molecule has 2 heterocycles. The molecule has 0 fully saturated rings. The van der Waals surface area contributed by atoms with E-state index >= 15 is 0 Å². The Morgan fingerprint density at radius 3 is 2.75 bits per heavy atom. The number of carbonyl (C=O) groups excluding carboxylic acids is 1. The molecular weight excluding hydrogens is 304 g/mol. The number of pyridine rings is 1. The average Bonchev–Trinajstić information content (AvgIpc) is 2.93. The van der Waals surface area contributed by atoms with E-state index < -0.39 is 0 Å². The second-order valence-electron chi connectivity index (χ2n) is 5.89. The molecule has 24 heavy (non-hydrogen) atoms. The molecule has 0 radical (unpaired) electrons. The molecule has 0 atom stereocenters. The maximum Gasteiger partial charge on any atom is 0.228 e. The van der Waals surface area contributed by atoms with Crippen LogP contribution in [0.2, 0.25) is 0 Å². The predicted octanol–water partition coefficient (Wildman–Crippen LogP) is 3.94. The molecular formula is C19H20N2O3. The first-order valence-corrected chi connectivity index (χ1v) is 7.76. The zero-order valence-electron chi connectivity index (χ0n) is 14.3. The van der Waals surface area contributed by atoms with Gasteiger partial charge < -0.3 is 14.5 Å². The number of fused-ring (bicyclic) bond motifs is 1. The molecule has 3 aromatic rings. The number of amides is 1. The van der Waals surface area contributed by atoms with Crippen molar-refractivity contribution in [1.29, 1.82) is 0 Å². The van der Waals surface area contributed by atoms with Crippen LogP contribution in [0.3, 0.4) is 0 Å². The van der Waals surface area contributed by atoms with Crippen LogP contribution in [0.25, 0.3) is 11.0 Å². The van der Waals surface area contributed by atoms with E-state index in [1.807, 2.05) is 45.0 Å². The van der Waals surface area contributed by atoms with Crippen LogP contribution in [0.1, 0.15) is 22.5 Å². The Kier molecular flexibility index (Phi) is 4.25. The molecule has 0 aliphatic heterocycles. The van der Waals surface area contributed by atoms with E-state index in [1.54, 1.807) is 13.4 Å². The zero-order chi connectivity index (χ0) is 17.3. The number of ether oxygens (including phenoxy) is 1. The van der Waals surface area contributed by atoms with E-state index in [4.69, 9.17) is 9.15 Å². The molecule has 2 aromatic heterocycles. The molecule has 3 rings (SSSR count). The van der Waals surface area contributed by atoms with Crippen LogP contribution < -0.4 is 10.1 Å². The number of furan rings is 1. The number of rotatable bonds is 4. The van der Waals surface area contributed by atoms with Gasteiger partial charge in [0, 0.05) is 22.7 Å². The molecule has 5 heteroatoms. The second kappa shape index (κ2) is 6.35.